The van der Waals surface area contributed by atoms with Gasteiger partial charge in [0.05, 0.1) is 16.9 Å². The van der Waals surface area contributed by atoms with Gasteiger partial charge in [0.15, 0.2) is 0 Å². The number of aromatic nitrogens is 3. The van der Waals surface area contributed by atoms with Crippen molar-refractivity contribution in [2.24, 2.45) is 0 Å². The predicted molar refractivity (Wildman–Crippen MR) is 131 cm³/mol. The summed E-state index contributed by atoms with van der Waals surface area (Å²) >= 11 is 2.98. The molecule has 0 aliphatic heterocycles. The lowest BCUT2D eigenvalue weighted by Crippen LogP contribution is -2.25. The Kier molecular flexibility index (Phi) is 6.59. The van der Waals surface area contributed by atoms with Crippen LogP contribution in [0.1, 0.15) is 28.2 Å². The number of carbonyl (C=O) groups is 1. The van der Waals surface area contributed by atoms with Gasteiger partial charge in [0.25, 0.3) is 5.56 Å². The minimum atomic E-state index is -0.404. The third kappa shape index (κ3) is 4.97. The summed E-state index contributed by atoms with van der Waals surface area (Å²) in [6, 6.07) is 9.32. The number of thiophene rings is 1. The van der Waals surface area contributed by atoms with E-state index >= 15 is 0 Å². The summed E-state index contributed by atoms with van der Waals surface area (Å²) in [5.74, 6) is 1.29. The number of benzene rings is 1. The van der Waals surface area contributed by atoms with E-state index in [0.29, 0.717) is 28.8 Å². The summed E-state index contributed by atoms with van der Waals surface area (Å²) < 4.78 is 19.1. The van der Waals surface area contributed by atoms with Gasteiger partial charge in [-0.2, -0.15) is 0 Å². The summed E-state index contributed by atoms with van der Waals surface area (Å²) in [4.78, 5) is 38.6. The summed E-state index contributed by atoms with van der Waals surface area (Å²) in [6.45, 7) is 0.222. The number of amides is 1. The first kappa shape index (κ1) is 22.5. The normalized spacial score (nSPS) is 12.6. The number of ether oxygens (including phenoxy) is 1. The van der Waals surface area contributed by atoms with Gasteiger partial charge < -0.3 is 15.0 Å². The lowest BCUT2D eigenvalue weighted by Gasteiger charge is -2.11. The molecule has 10 heteroatoms. The molecule has 0 saturated carbocycles. The summed E-state index contributed by atoms with van der Waals surface area (Å²) in [5.41, 5.74) is 1.74. The maximum atomic E-state index is 13.4. The first-order valence-electron chi connectivity index (χ1n) is 10.8. The number of thioether (sulfide) groups is 1. The van der Waals surface area contributed by atoms with E-state index in [1.54, 1.807) is 41.8 Å². The Morgan fingerprint density at radius 2 is 2.18 bits per heavy atom. The SMILES string of the molecule is O=C(CSCc1nc2sc3c(c2c(=O)[nH]1)CCC3)NCc1cccnc1Oc1cccc(F)c1. The van der Waals surface area contributed by atoms with Crippen LogP contribution in [0.25, 0.3) is 10.2 Å². The number of carbonyl (C=O) groups excluding carboxylic acids is 1. The van der Waals surface area contributed by atoms with Gasteiger partial charge in [0.2, 0.25) is 11.8 Å². The van der Waals surface area contributed by atoms with Crippen molar-refractivity contribution >= 4 is 39.2 Å². The molecule has 1 aliphatic carbocycles. The van der Waals surface area contributed by atoms with Gasteiger partial charge >= 0.3 is 0 Å². The second-order valence-electron chi connectivity index (χ2n) is 7.85. The van der Waals surface area contributed by atoms with Crippen molar-refractivity contribution in [3.8, 4) is 11.6 Å². The molecule has 0 atom stereocenters. The number of nitrogens with one attached hydrogen (secondary N) is 2. The molecule has 1 aliphatic rings. The van der Waals surface area contributed by atoms with E-state index in [4.69, 9.17) is 4.74 Å². The fourth-order valence-electron chi connectivity index (χ4n) is 3.89. The molecule has 4 aromatic rings. The molecule has 0 saturated heterocycles. The van der Waals surface area contributed by atoms with E-state index in [-0.39, 0.29) is 23.8 Å². The molecule has 3 heterocycles. The van der Waals surface area contributed by atoms with Crippen molar-refractivity contribution in [3.05, 3.63) is 80.6 Å². The Balaban J connectivity index is 1.15. The molecule has 0 fully saturated rings. The van der Waals surface area contributed by atoms with Crippen molar-refractivity contribution in [2.45, 2.75) is 31.6 Å². The summed E-state index contributed by atoms with van der Waals surface area (Å²) in [5, 5.41) is 3.58. The van der Waals surface area contributed by atoms with Crippen LogP contribution in [0.15, 0.2) is 47.4 Å². The molecule has 3 aromatic heterocycles. The monoisotopic (exact) mass is 496 g/mol. The molecule has 1 amide bonds. The highest BCUT2D eigenvalue weighted by Gasteiger charge is 2.21. The predicted octanol–water partition coefficient (Wildman–Crippen LogP) is 4.35. The van der Waals surface area contributed by atoms with Gasteiger partial charge in [-0.1, -0.05) is 12.1 Å². The maximum Gasteiger partial charge on any atom is 0.259 e. The van der Waals surface area contributed by atoms with Crippen LogP contribution >= 0.6 is 23.1 Å². The molecule has 7 nitrogen and oxygen atoms in total. The number of aromatic amines is 1. The number of rotatable bonds is 8. The van der Waals surface area contributed by atoms with E-state index in [2.05, 4.69) is 20.3 Å². The number of aryl methyl sites for hydroxylation is 2. The van der Waals surface area contributed by atoms with E-state index < -0.39 is 5.82 Å². The van der Waals surface area contributed by atoms with E-state index in [1.165, 1.54) is 28.8 Å². The third-order valence-electron chi connectivity index (χ3n) is 5.43. The van der Waals surface area contributed by atoms with Crippen LogP contribution in [0.4, 0.5) is 4.39 Å². The Hall–Kier alpha value is -3.24. The summed E-state index contributed by atoms with van der Waals surface area (Å²) in [7, 11) is 0. The molecule has 174 valence electrons. The largest absolute Gasteiger partial charge is 0.439 e. The Morgan fingerprint density at radius 1 is 1.26 bits per heavy atom. The standard InChI is InChI=1S/C24H21FN4O3S2/c25-15-5-1-6-16(10-15)32-23-14(4-3-9-26-23)11-27-20(30)13-33-12-19-28-22(31)21-17-7-2-8-18(17)34-24(21)29-19/h1,3-6,9-10H,2,7-8,11-13H2,(H,27,30)(H,28,29,31). The molecule has 0 bridgehead atoms. The van der Waals surface area contributed by atoms with E-state index in [1.807, 2.05) is 0 Å². The van der Waals surface area contributed by atoms with Gasteiger partial charge in [-0.25, -0.2) is 14.4 Å². The number of halogens is 1. The smallest absolute Gasteiger partial charge is 0.259 e. The van der Waals surface area contributed by atoms with Gasteiger partial charge in [0, 0.05) is 29.2 Å². The fourth-order valence-corrected chi connectivity index (χ4v) is 5.89. The number of fused-ring (bicyclic) bond motifs is 3. The zero-order chi connectivity index (χ0) is 23.5. The molecular weight excluding hydrogens is 475 g/mol. The van der Waals surface area contributed by atoms with Crippen molar-refractivity contribution in [1.29, 1.82) is 0 Å². The first-order chi connectivity index (χ1) is 16.6. The minimum Gasteiger partial charge on any atom is -0.439 e. The number of nitrogens with zero attached hydrogens (tertiary/aromatic N) is 2. The number of H-pyrrole nitrogens is 1. The highest BCUT2D eigenvalue weighted by atomic mass is 32.2. The molecule has 2 N–H and O–H groups in total. The van der Waals surface area contributed by atoms with Crippen molar-refractivity contribution in [3.63, 3.8) is 0 Å². The molecular formula is C24H21FN4O3S2. The molecule has 34 heavy (non-hydrogen) atoms. The highest BCUT2D eigenvalue weighted by Crippen LogP contribution is 2.34. The average molecular weight is 497 g/mol. The van der Waals surface area contributed by atoms with Gasteiger partial charge in [-0.15, -0.1) is 23.1 Å². The molecule has 5 rings (SSSR count). The highest BCUT2D eigenvalue weighted by molar-refractivity contribution is 7.99. The molecule has 0 unspecified atom stereocenters. The van der Waals surface area contributed by atoms with Gasteiger partial charge in [-0.05, 0) is 43.0 Å². The Bertz CT molecular complexity index is 1420. The first-order valence-corrected chi connectivity index (χ1v) is 12.8. The zero-order valence-corrected chi connectivity index (χ0v) is 19.7. The van der Waals surface area contributed by atoms with Crippen LogP contribution in [0.3, 0.4) is 0 Å². The quantitative estimate of drug-likeness (QED) is 0.377. The van der Waals surface area contributed by atoms with E-state index in [0.717, 1.165) is 35.0 Å². The van der Waals surface area contributed by atoms with Gasteiger partial charge in [-0.3, -0.25) is 9.59 Å². The maximum absolute atomic E-state index is 13.4. The molecule has 0 spiro atoms. The van der Waals surface area contributed by atoms with Crippen molar-refractivity contribution in [1.82, 2.24) is 20.3 Å². The van der Waals surface area contributed by atoms with Crippen LogP contribution in [-0.4, -0.2) is 26.6 Å². The average Bonchev–Trinajstić information content (AvgIpc) is 3.39. The fraction of sp³-hybridized carbons (Fsp3) is 0.250. The van der Waals surface area contributed by atoms with Crippen LogP contribution in [0.2, 0.25) is 0 Å². The van der Waals surface area contributed by atoms with E-state index in [9.17, 15) is 14.0 Å². The van der Waals surface area contributed by atoms with Crippen molar-refractivity contribution < 1.29 is 13.9 Å². The second-order valence-corrected chi connectivity index (χ2v) is 9.92. The lowest BCUT2D eigenvalue weighted by atomic mass is 10.2. The van der Waals surface area contributed by atoms with Crippen LogP contribution in [-0.2, 0) is 29.9 Å². The number of pyridine rings is 1. The van der Waals surface area contributed by atoms with Crippen molar-refractivity contribution in [2.75, 3.05) is 5.75 Å². The number of hydrogen-bond donors (Lipinski definition) is 2. The Morgan fingerprint density at radius 3 is 3.06 bits per heavy atom. The van der Waals surface area contributed by atoms with Crippen LogP contribution < -0.4 is 15.6 Å². The Labute approximate surface area is 202 Å². The summed E-state index contributed by atoms with van der Waals surface area (Å²) in [6.07, 6.45) is 4.63. The zero-order valence-electron chi connectivity index (χ0n) is 18.1. The van der Waals surface area contributed by atoms with Gasteiger partial charge in [0.1, 0.15) is 22.2 Å². The molecule has 0 radical (unpaired) electrons. The number of hydrogen-bond acceptors (Lipinski definition) is 7. The van der Waals surface area contributed by atoms with Crippen LogP contribution in [0.5, 0.6) is 11.6 Å². The lowest BCUT2D eigenvalue weighted by molar-refractivity contribution is -0.118. The van der Waals surface area contributed by atoms with Crippen LogP contribution in [0, 0.1) is 5.82 Å². The second kappa shape index (κ2) is 9.94. The third-order valence-corrected chi connectivity index (χ3v) is 7.56. The minimum absolute atomic E-state index is 0.0909. The molecule has 1 aromatic carbocycles. The topological polar surface area (TPSA) is 97.0 Å².